The van der Waals surface area contributed by atoms with Gasteiger partial charge in [-0.2, -0.15) is 0 Å². The van der Waals surface area contributed by atoms with Crippen molar-refractivity contribution in [1.29, 1.82) is 0 Å². The third kappa shape index (κ3) is 3.49. The number of piperidine rings is 1. The first-order valence-electron chi connectivity index (χ1n) is 9.18. The summed E-state index contributed by atoms with van der Waals surface area (Å²) in [4.78, 5) is 24.7. The van der Waals surface area contributed by atoms with Crippen LogP contribution in [0.5, 0.6) is 5.75 Å². The van der Waals surface area contributed by atoms with Gasteiger partial charge in [0.25, 0.3) is 0 Å². The number of carbonyl (C=O) groups is 1. The second kappa shape index (κ2) is 7.31. The average molecular weight is 401 g/mol. The van der Waals surface area contributed by atoms with E-state index in [1.165, 1.54) is 4.90 Å². The summed E-state index contributed by atoms with van der Waals surface area (Å²) in [7, 11) is 0. The molecule has 0 saturated carbocycles. The lowest BCUT2D eigenvalue weighted by molar-refractivity contribution is 0.0791. The number of nitrogens with one attached hydrogen (secondary N) is 1. The number of imidazole rings is 1. The van der Waals surface area contributed by atoms with E-state index in [4.69, 9.17) is 16.3 Å². The molecule has 3 aromatic rings. The lowest BCUT2D eigenvalue weighted by atomic mass is 10.0. The van der Waals surface area contributed by atoms with Gasteiger partial charge in [-0.05, 0) is 50.5 Å². The van der Waals surface area contributed by atoms with Crippen LogP contribution in [0.15, 0.2) is 24.4 Å². The number of likely N-dealkylation sites (tertiary alicyclic amines) is 1. The highest BCUT2D eigenvalue weighted by Gasteiger charge is 2.26. The number of aromatic amines is 1. The Kier molecular flexibility index (Phi) is 4.85. The predicted octanol–water partition coefficient (Wildman–Crippen LogP) is 4.42. The number of ether oxygens (including phenoxy) is 1. The molecular weight excluding hydrogens is 380 g/mol. The highest BCUT2D eigenvalue weighted by molar-refractivity contribution is 6.31. The van der Waals surface area contributed by atoms with Crippen LogP contribution in [0.25, 0.3) is 22.3 Å². The second-order valence-electron chi connectivity index (χ2n) is 7.09. The summed E-state index contributed by atoms with van der Waals surface area (Å²) in [5.74, 6) is 1.49. The lowest BCUT2D eigenvalue weighted by Crippen LogP contribution is -2.43. The van der Waals surface area contributed by atoms with E-state index in [1.807, 2.05) is 32.0 Å². The number of halogens is 1. The van der Waals surface area contributed by atoms with Crippen molar-refractivity contribution in [3.05, 3.63) is 40.8 Å². The van der Waals surface area contributed by atoms with E-state index in [-0.39, 0.29) is 6.10 Å². The zero-order valence-electron chi connectivity index (χ0n) is 15.7. The molecule has 7 nitrogen and oxygen atoms in total. The molecule has 1 saturated heterocycles. The number of carboxylic acid groups (broad SMARTS) is 1. The fourth-order valence-corrected chi connectivity index (χ4v) is 3.98. The van der Waals surface area contributed by atoms with E-state index in [2.05, 4.69) is 15.0 Å². The summed E-state index contributed by atoms with van der Waals surface area (Å²) < 4.78 is 6.34. The molecule has 1 aliphatic rings. The van der Waals surface area contributed by atoms with Crippen LogP contribution in [-0.4, -0.2) is 50.2 Å². The maximum atomic E-state index is 11.3. The second-order valence-corrected chi connectivity index (χ2v) is 7.53. The molecule has 146 valence electrons. The lowest BCUT2D eigenvalue weighted by Gasteiger charge is -2.32. The molecule has 0 bridgehead atoms. The Balaban J connectivity index is 1.77. The van der Waals surface area contributed by atoms with Gasteiger partial charge in [-0.15, -0.1) is 0 Å². The van der Waals surface area contributed by atoms with Gasteiger partial charge >= 0.3 is 6.09 Å². The average Bonchev–Trinajstić information content (AvgIpc) is 3.04. The minimum absolute atomic E-state index is 0.204. The van der Waals surface area contributed by atoms with Crippen LogP contribution in [0.2, 0.25) is 5.02 Å². The molecule has 28 heavy (non-hydrogen) atoms. The van der Waals surface area contributed by atoms with E-state index in [0.717, 1.165) is 40.9 Å². The summed E-state index contributed by atoms with van der Waals surface area (Å²) in [6.07, 6.45) is 2.18. The molecule has 1 amide bonds. The van der Waals surface area contributed by atoms with Crippen molar-refractivity contribution in [2.45, 2.75) is 32.8 Å². The first-order chi connectivity index (χ1) is 13.4. The number of hydrogen-bond acceptors (Lipinski definition) is 4. The maximum Gasteiger partial charge on any atom is 0.407 e. The normalized spacial score (nSPS) is 17.1. The number of fused-ring (bicyclic) bond motifs is 1. The number of aryl methyl sites for hydroxylation is 2. The van der Waals surface area contributed by atoms with Crippen molar-refractivity contribution >= 4 is 28.9 Å². The Labute approximate surface area is 167 Å². The number of aromatic nitrogens is 3. The number of hydrogen-bond donors (Lipinski definition) is 2. The number of benzene rings is 1. The largest absolute Gasteiger partial charge is 0.488 e. The highest BCUT2D eigenvalue weighted by Crippen LogP contribution is 2.39. The Hall–Kier alpha value is -2.80. The Morgan fingerprint density at radius 2 is 2.18 bits per heavy atom. The number of amides is 1. The van der Waals surface area contributed by atoms with Gasteiger partial charge in [-0.25, -0.2) is 14.8 Å². The fourth-order valence-electron chi connectivity index (χ4n) is 3.71. The minimum Gasteiger partial charge on any atom is -0.488 e. The zero-order chi connectivity index (χ0) is 19.8. The molecule has 2 aromatic heterocycles. The number of nitrogens with zero attached hydrogens (tertiary/aromatic N) is 3. The van der Waals surface area contributed by atoms with Crippen LogP contribution in [-0.2, 0) is 0 Å². The summed E-state index contributed by atoms with van der Waals surface area (Å²) in [5.41, 5.74) is 4.09. The fraction of sp³-hybridized carbons (Fsp3) is 0.350. The van der Waals surface area contributed by atoms with Crippen molar-refractivity contribution in [3.8, 4) is 16.9 Å². The van der Waals surface area contributed by atoms with Crippen molar-refractivity contribution < 1.29 is 14.6 Å². The first-order valence-corrected chi connectivity index (χ1v) is 9.56. The molecule has 3 heterocycles. The van der Waals surface area contributed by atoms with Crippen molar-refractivity contribution in [3.63, 3.8) is 0 Å². The van der Waals surface area contributed by atoms with Crippen molar-refractivity contribution in [2.24, 2.45) is 0 Å². The molecule has 1 fully saturated rings. The summed E-state index contributed by atoms with van der Waals surface area (Å²) in [6.45, 7) is 4.72. The molecule has 1 atom stereocenters. The van der Waals surface area contributed by atoms with Gasteiger partial charge in [-0.3, -0.25) is 0 Å². The smallest absolute Gasteiger partial charge is 0.407 e. The van der Waals surface area contributed by atoms with Gasteiger partial charge in [0.2, 0.25) is 0 Å². The minimum atomic E-state index is -0.912. The molecule has 4 rings (SSSR count). The number of pyridine rings is 1. The predicted molar refractivity (Wildman–Crippen MR) is 107 cm³/mol. The highest BCUT2D eigenvalue weighted by atomic mass is 35.5. The van der Waals surface area contributed by atoms with Crippen LogP contribution in [0, 0.1) is 13.8 Å². The van der Waals surface area contributed by atoms with Gasteiger partial charge in [0.1, 0.15) is 17.7 Å². The van der Waals surface area contributed by atoms with E-state index in [0.29, 0.717) is 29.5 Å². The topological polar surface area (TPSA) is 91.3 Å². The van der Waals surface area contributed by atoms with Crippen LogP contribution < -0.4 is 4.74 Å². The maximum absolute atomic E-state index is 11.3. The molecule has 8 heteroatoms. The summed E-state index contributed by atoms with van der Waals surface area (Å²) >= 11 is 6.35. The molecule has 0 radical (unpaired) electrons. The van der Waals surface area contributed by atoms with E-state index in [9.17, 15) is 9.90 Å². The standard InChI is InChI=1S/C20H21ClN4O3/c1-11-8-13(21)9-16(15-5-6-22-19-17(15)23-12(2)24-19)18(11)28-14-4-3-7-25(10-14)20(26)27/h5-6,8-9,14H,3-4,7,10H2,1-2H3,(H,26,27)(H,22,23,24)/t14-/m0/s1. The Morgan fingerprint density at radius 3 is 2.96 bits per heavy atom. The molecule has 1 aromatic carbocycles. The van der Waals surface area contributed by atoms with Gasteiger partial charge in [0, 0.05) is 28.9 Å². The number of H-pyrrole nitrogens is 1. The van der Waals surface area contributed by atoms with Crippen LogP contribution in [0.3, 0.4) is 0 Å². The van der Waals surface area contributed by atoms with Crippen LogP contribution >= 0.6 is 11.6 Å². The molecule has 0 aliphatic carbocycles. The zero-order valence-corrected chi connectivity index (χ0v) is 16.5. The molecular formula is C20H21ClN4O3. The van der Waals surface area contributed by atoms with Crippen LogP contribution in [0.1, 0.15) is 24.2 Å². The molecule has 1 aliphatic heterocycles. The van der Waals surface area contributed by atoms with Crippen molar-refractivity contribution in [2.75, 3.05) is 13.1 Å². The summed E-state index contributed by atoms with van der Waals surface area (Å²) in [5, 5.41) is 9.91. The van der Waals surface area contributed by atoms with Gasteiger partial charge < -0.3 is 19.7 Å². The molecule has 0 spiro atoms. The van der Waals surface area contributed by atoms with Gasteiger partial charge in [0.05, 0.1) is 12.1 Å². The first kappa shape index (κ1) is 18.6. The van der Waals surface area contributed by atoms with E-state index < -0.39 is 6.09 Å². The van der Waals surface area contributed by atoms with Gasteiger partial charge in [-0.1, -0.05) is 11.6 Å². The summed E-state index contributed by atoms with van der Waals surface area (Å²) in [6, 6.07) is 5.63. The SMILES string of the molecule is Cc1nc2nccc(-c3cc(Cl)cc(C)c3O[C@H]3CCCN(C(=O)O)C3)c2[nH]1. The molecule has 2 N–H and O–H groups in total. The molecule has 0 unspecified atom stereocenters. The van der Waals surface area contributed by atoms with E-state index >= 15 is 0 Å². The third-order valence-electron chi connectivity index (χ3n) is 4.97. The van der Waals surface area contributed by atoms with Gasteiger partial charge in [0.15, 0.2) is 5.65 Å². The Bertz CT molecular complexity index is 1050. The van der Waals surface area contributed by atoms with Crippen LogP contribution in [0.4, 0.5) is 4.79 Å². The monoisotopic (exact) mass is 400 g/mol. The Morgan fingerprint density at radius 1 is 1.36 bits per heavy atom. The number of rotatable bonds is 3. The van der Waals surface area contributed by atoms with E-state index in [1.54, 1.807) is 6.20 Å². The quantitative estimate of drug-likeness (QED) is 0.679. The van der Waals surface area contributed by atoms with Crippen molar-refractivity contribution in [1.82, 2.24) is 19.9 Å². The third-order valence-corrected chi connectivity index (χ3v) is 5.19.